The number of carbonyl (C=O) groups excluding carboxylic acids is 2. The van der Waals surface area contributed by atoms with Crippen molar-refractivity contribution in [2.45, 2.75) is 6.42 Å². The topological polar surface area (TPSA) is 70.2 Å². The van der Waals surface area contributed by atoms with Crippen LogP contribution < -0.4 is 16.0 Å². The Hall–Kier alpha value is -3.67. The molecule has 3 aromatic carbocycles. The summed E-state index contributed by atoms with van der Waals surface area (Å²) in [5, 5.41) is 8.26. The molecule has 0 aliphatic rings. The van der Waals surface area contributed by atoms with E-state index < -0.39 is 0 Å². The number of urea groups is 1. The summed E-state index contributed by atoms with van der Waals surface area (Å²) in [4.78, 5) is 24.2. The van der Waals surface area contributed by atoms with Gasteiger partial charge in [0.2, 0.25) is 0 Å². The number of para-hydroxylation sites is 1. The molecule has 0 radical (unpaired) electrons. The number of nitrogens with one attached hydrogen (secondary N) is 3. The molecule has 3 amide bonds. The van der Waals surface area contributed by atoms with Crippen LogP contribution in [-0.2, 0) is 6.42 Å². The minimum absolute atomic E-state index is 0.221. The highest BCUT2D eigenvalue weighted by Gasteiger charge is 2.07. The van der Waals surface area contributed by atoms with Crippen molar-refractivity contribution in [1.29, 1.82) is 0 Å². The third-order valence-electron chi connectivity index (χ3n) is 4.05. The fourth-order valence-corrected chi connectivity index (χ4v) is 2.58. The van der Waals surface area contributed by atoms with Gasteiger partial charge in [0, 0.05) is 23.5 Å². The highest BCUT2D eigenvalue weighted by Crippen LogP contribution is 2.12. The lowest BCUT2D eigenvalue weighted by Crippen LogP contribution is -2.30. The van der Waals surface area contributed by atoms with Crippen molar-refractivity contribution in [3.05, 3.63) is 95.8 Å². The Morgan fingerprint density at radius 3 is 2.07 bits per heavy atom. The SMILES string of the molecule is O=C(NCCc1ccc(F)cc1)Nc1ccc(C(=O)Nc2ccccc2)cc1. The van der Waals surface area contributed by atoms with E-state index in [2.05, 4.69) is 16.0 Å². The van der Waals surface area contributed by atoms with Gasteiger partial charge in [-0.25, -0.2) is 9.18 Å². The van der Waals surface area contributed by atoms with Gasteiger partial charge in [0.25, 0.3) is 5.91 Å². The van der Waals surface area contributed by atoms with E-state index in [-0.39, 0.29) is 17.8 Å². The molecule has 5 nitrogen and oxygen atoms in total. The van der Waals surface area contributed by atoms with Gasteiger partial charge >= 0.3 is 6.03 Å². The number of benzene rings is 3. The van der Waals surface area contributed by atoms with E-state index >= 15 is 0 Å². The Bertz CT molecular complexity index is 926. The molecule has 0 aliphatic heterocycles. The summed E-state index contributed by atoms with van der Waals surface area (Å²) < 4.78 is 12.9. The first-order chi connectivity index (χ1) is 13.6. The van der Waals surface area contributed by atoms with Crippen molar-refractivity contribution in [2.75, 3.05) is 17.2 Å². The maximum Gasteiger partial charge on any atom is 0.319 e. The van der Waals surface area contributed by atoms with Crippen LogP contribution in [0.1, 0.15) is 15.9 Å². The summed E-state index contributed by atoms with van der Waals surface area (Å²) in [6.45, 7) is 0.426. The predicted molar refractivity (Wildman–Crippen MR) is 108 cm³/mol. The summed E-state index contributed by atoms with van der Waals surface area (Å²) in [7, 11) is 0. The van der Waals surface area contributed by atoms with Crippen molar-refractivity contribution in [3.63, 3.8) is 0 Å². The summed E-state index contributed by atoms with van der Waals surface area (Å²) in [6, 6.07) is 21.6. The average Bonchev–Trinajstić information content (AvgIpc) is 2.71. The molecule has 0 aliphatic carbocycles. The first kappa shape index (κ1) is 19.1. The molecule has 0 unspecified atom stereocenters. The van der Waals surface area contributed by atoms with Gasteiger partial charge in [-0.2, -0.15) is 0 Å². The lowest BCUT2D eigenvalue weighted by atomic mass is 10.1. The van der Waals surface area contributed by atoms with E-state index in [1.807, 2.05) is 30.3 Å². The number of hydrogen-bond donors (Lipinski definition) is 3. The van der Waals surface area contributed by atoms with E-state index in [0.717, 1.165) is 11.3 Å². The van der Waals surface area contributed by atoms with Crippen LogP contribution in [0.5, 0.6) is 0 Å². The van der Waals surface area contributed by atoms with Gasteiger partial charge in [0.05, 0.1) is 0 Å². The number of rotatable bonds is 6. The van der Waals surface area contributed by atoms with Gasteiger partial charge in [-0.3, -0.25) is 4.79 Å². The molecule has 3 N–H and O–H groups in total. The lowest BCUT2D eigenvalue weighted by Gasteiger charge is -2.09. The highest BCUT2D eigenvalue weighted by atomic mass is 19.1. The number of carbonyl (C=O) groups is 2. The second-order valence-electron chi connectivity index (χ2n) is 6.15. The quantitative estimate of drug-likeness (QED) is 0.594. The number of hydrogen-bond acceptors (Lipinski definition) is 2. The van der Waals surface area contributed by atoms with Crippen LogP contribution in [0.4, 0.5) is 20.6 Å². The first-order valence-corrected chi connectivity index (χ1v) is 8.86. The van der Waals surface area contributed by atoms with Crippen LogP contribution in [0.15, 0.2) is 78.9 Å². The van der Waals surface area contributed by atoms with Crippen molar-refractivity contribution in [2.24, 2.45) is 0 Å². The molecule has 0 bridgehead atoms. The molecule has 142 valence electrons. The zero-order valence-corrected chi connectivity index (χ0v) is 15.1. The largest absolute Gasteiger partial charge is 0.338 e. The molecule has 3 aromatic rings. The van der Waals surface area contributed by atoms with Gasteiger partial charge in [-0.1, -0.05) is 30.3 Å². The third kappa shape index (κ3) is 5.67. The van der Waals surface area contributed by atoms with Gasteiger partial charge in [-0.05, 0) is 60.5 Å². The van der Waals surface area contributed by atoms with Crippen LogP contribution >= 0.6 is 0 Å². The minimum Gasteiger partial charge on any atom is -0.338 e. The number of amides is 3. The van der Waals surface area contributed by atoms with Crippen molar-refractivity contribution < 1.29 is 14.0 Å². The standard InChI is InChI=1S/C22H20FN3O2/c23-18-10-6-16(7-11-18)14-15-24-22(28)26-20-12-8-17(9-13-20)21(27)25-19-4-2-1-3-5-19/h1-13H,14-15H2,(H,25,27)(H2,24,26,28). The van der Waals surface area contributed by atoms with Crippen molar-refractivity contribution in [1.82, 2.24) is 5.32 Å². The molecular formula is C22H20FN3O2. The smallest absolute Gasteiger partial charge is 0.319 e. The molecule has 0 saturated carbocycles. The number of anilines is 2. The Labute approximate surface area is 162 Å². The number of halogens is 1. The molecule has 0 heterocycles. The fourth-order valence-electron chi connectivity index (χ4n) is 2.58. The highest BCUT2D eigenvalue weighted by molar-refractivity contribution is 6.04. The van der Waals surface area contributed by atoms with E-state index in [1.54, 1.807) is 36.4 Å². The lowest BCUT2D eigenvalue weighted by molar-refractivity contribution is 0.102. The van der Waals surface area contributed by atoms with Gasteiger partial charge < -0.3 is 16.0 Å². The maximum absolute atomic E-state index is 12.9. The summed E-state index contributed by atoms with van der Waals surface area (Å²) in [5.74, 6) is -0.503. The second-order valence-corrected chi connectivity index (χ2v) is 6.15. The molecule has 0 saturated heterocycles. The van der Waals surface area contributed by atoms with Crippen LogP contribution in [0.3, 0.4) is 0 Å². The Morgan fingerprint density at radius 2 is 1.39 bits per heavy atom. The monoisotopic (exact) mass is 377 g/mol. The summed E-state index contributed by atoms with van der Waals surface area (Å²) >= 11 is 0. The Balaban J connectivity index is 1.46. The molecule has 0 atom stereocenters. The molecule has 0 fully saturated rings. The maximum atomic E-state index is 12.9. The summed E-state index contributed by atoms with van der Waals surface area (Å²) in [5.41, 5.74) is 2.73. The Kier molecular flexibility index (Phi) is 6.36. The minimum atomic E-state index is -0.344. The summed E-state index contributed by atoms with van der Waals surface area (Å²) in [6.07, 6.45) is 0.603. The van der Waals surface area contributed by atoms with E-state index in [1.165, 1.54) is 12.1 Å². The van der Waals surface area contributed by atoms with Crippen LogP contribution in [0, 0.1) is 5.82 Å². The Morgan fingerprint density at radius 1 is 0.750 bits per heavy atom. The van der Waals surface area contributed by atoms with Crippen LogP contribution in [0.2, 0.25) is 0 Å². The average molecular weight is 377 g/mol. The zero-order chi connectivity index (χ0) is 19.8. The normalized spacial score (nSPS) is 10.2. The molecule has 3 rings (SSSR count). The van der Waals surface area contributed by atoms with E-state index in [0.29, 0.717) is 24.2 Å². The van der Waals surface area contributed by atoms with Gasteiger partial charge in [0.15, 0.2) is 0 Å². The van der Waals surface area contributed by atoms with E-state index in [9.17, 15) is 14.0 Å². The third-order valence-corrected chi connectivity index (χ3v) is 4.05. The molecule has 6 heteroatoms. The second kappa shape index (κ2) is 9.32. The molecule has 28 heavy (non-hydrogen) atoms. The molecule has 0 spiro atoms. The van der Waals surface area contributed by atoms with Crippen LogP contribution in [0.25, 0.3) is 0 Å². The van der Waals surface area contributed by atoms with Crippen molar-refractivity contribution in [3.8, 4) is 0 Å². The zero-order valence-electron chi connectivity index (χ0n) is 15.1. The first-order valence-electron chi connectivity index (χ1n) is 8.86. The van der Waals surface area contributed by atoms with Gasteiger partial charge in [0.1, 0.15) is 5.82 Å². The molecular weight excluding hydrogens is 357 g/mol. The van der Waals surface area contributed by atoms with Crippen molar-refractivity contribution >= 4 is 23.3 Å². The van der Waals surface area contributed by atoms with Crippen LogP contribution in [-0.4, -0.2) is 18.5 Å². The predicted octanol–water partition coefficient (Wildman–Crippen LogP) is 4.44. The van der Waals surface area contributed by atoms with Gasteiger partial charge in [-0.15, -0.1) is 0 Å². The molecule has 0 aromatic heterocycles. The van der Waals surface area contributed by atoms with E-state index in [4.69, 9.17) is 0 Å². The fraction of sp³-hybridized carbons (Fsp3) is 0.0909.